The van der Waals surface area contributed by atoms with Crippen LogP contribution in [0.5, 0.6) is 5.75 Å². The Morgan fingerprint density at radius 1 is 1.21 bits per heavy atom. The number of rotatable bonds is 3. The quantitative estimate of drug-likeness (QED) is 0.845. The topological polar surface area (TPSA) is 84.5 Å². The van der Waals surface area contributed by atoms with Crippen LogP contribution in [0.4, 0.5) is 11.4 Å². The zero-order valence-electron chi connectivity index (χ0n) is 12.4. The number of amides is 1. The van der Waals surface area contributed by atoms with Crippen molar-refractivity contribution in [1.82, 2.24) is 0 Å². The summed E-state index contributed by atoms with van der Waals surface area (Å²) in [6, 6.07) is 7.49. The highest BCUT2D eigenvalue weighted by Gasteiger charge is 2.27. The minimum Gasteiger partial charge on any atom is -0.480 e. The van der Waals surface area contributed by atoms with E-state index in [1.807, 2.05) is 6.92 Å². The van der Waals surface area contributed by atoms with Gasteiger partial charge in [-0.3, -0.25) is 9.52 Å². The molecule has 2 aromatic carbocycles. The Bertz CT molecular complexity index is 945. The van der Waals surface area contributed by atoms with E-state index in [9.17, 15) is 13.2 Å². The van der Waals surface area contributed by atoms with E-state index in [1.165, 1.54) is 18.2 Å². The maximum Gasteiger partial charge on any atom is 0.265 e. The maximum absolute atomic E-state index is 12.7. The van der Waals surface area contributed by atoms with Crippen molar-refractivity contribution in [3.63, 3.8) is 0 Å². The van der Waals surface area contributed by atoms with Gasteiger partial charge in [0.15, 0.2) is 12.4 Å². The third-order valence-electron chi connectivity index (χ3n) is 3.35. The molecular weight excluding hydrogens is 375 g/mol. The van der Waals surface area contributed by atoms with Crippen LogP contribution in [0.2, 0.25) is 10.0 Å². The smallest absolute Gasteiger partial charge is 0.265 e. The van der Waals surface area contributed by atoms with Crippen LogP contribution >= 0.6 is 23.2 Å². The predicted octanol–water partition coefficient (Wildman–Crippen LogP) is 3.43. The first kappa shape index (κ1) is 16.9. The highest BCUT2D eigenvalue weighted by Crippen LogP contribution is 2.38. The molecule has 24 heavy (non-hydrogen) atoms. The first-order valence-electron chi connectivity index (χ1n) is 6.81. The van der Waals surface area contributed by atoms with Crippen molar-refractivity contribution in [3.8, 4) is 5.75 Å². The van der Waals surface area contributed by atoms with Crippen LogP contribution in [0.15, 0.2) is 35.2 Å². The average molecular weight is 387 g/mol. The van der Waals surface area contributed by atoms with Crippen molar-refractivity contribution in [1.29, 1.82) is 0 Å². The van der Waals surface area contributed by atoms with Gasteiger partial charge in [0, 0.05) is 10.0 Å². The predicted molar refractivity (Wildman–Crippen MR) is 92.6 cm³/mol. The summed E-state index contributed by atoms with van der Waals surface area (Å²) >= 11 is 12.0. The van der Waals surface area contributed by atoms with Gasteiger partial charge in [-0.05, 0) is 36.8 Å². The molecule has 1 heterocycles. The molecular formula is C15H12Cl2N2O4S. The summed E-state index contributed by atoms with van der Waals surface area (Å²) in [5.74, 6) is -0.337. The lowest BCUT2D eigenvalue weighted by Crippen LogP contribution is -2.27. The highest BCUT2D eigenvalue weighted by molar-refractivity contribution is 7.92. The molecule has 2 N–H and O–H groups in total. The van der Waals surface area contributed by atoms with Gasteiger partial charge in [-0.15, -0.1) is 0 Å². The number of benzene rings is 2. The molecule has 6 nitrogen and oxygen atoms in total. The fourth-order valence-corrected chi connectivity index (χ4v) is 3.91. The van der Waals surface area contributed by atoms with E-state index >= 15 is 0 Å². The number of ether oxygens (including phenoxy) is 1. The number of nitrogens with one attached hydrogen (secondary N) is 2. The van der Waals surface area contributed by atoms with Gasteiger partial charge in [0.1, 0.15) is 4.90 Å². The Labute approximate surface area is 148 Å². The second kappa shape index (κ2) is 6.16. The summed E-state index contributed by atoms with van der Waals surface area (Å²) in [5, 5.41) is 3.12. The molecule has 0 spiro atoms. The molecule has 0 aliphatic carbocycles. The molecule has 0 bridgehead atoms. The number of sulfonamides is 1. The van der Waals surface area contributed by atoms with Crippen molar-refractivity contribution in [2.75, 3.05) is 16.6 Å². The van der Waals surface area contributed by atoms with Crippen molar-refractivity contribution in [2.24, 2.45) is 0 Å². The molecule has 3 rings (SSSR count). The molecule has 0 atom stereocenters. The number of carbonyl (C=O) groups is 1. The fourth-order valence-electron chi connectivity index (χ4n) is 2.20. The first-order valence-corrected chi connectivity index (χ1v) is 9.05. The number of anilines is 2. The minimum atomic E-state index is -3.99. The van der Waals surface area contributed by atoms with Gasteiger partial charge in [-0.25, -0.2) is 8.42 Å². The number of hydrogen-bond donors (Lipinski definition) is 2. The third-order valence-corrected chi connectivity index (χ3v) is 5.37. The summed E-state index contributed by atoms with van der Waals surface area (Å²) in [5.41, 5.74) is 1.34. The average Bonchev–Trinajstić information content (AvgIpc) is 2.49. The molecule has 1 aliphatic heterocycles. The molecule has 0 radical (unpaired) electrons. The van der Waals surface area contributed by atoms with Gasteiger partial charge in [0.25, 0.3) is 15.9 Å². The Balaban J connectivity index is 2.03. The lowest BCUT2D eigenvalue weighted by atomic mass is 10.2. The number of carbonyl (C=O) groups excluding carboxylic acids is 1. The lowest BCUT2D eigenvalue weighted by molar-refractivity contribution is -0.118. The Morgan fingerprint density at radius 2 is 1.96 bits per heavy atom. The van der Waals surface area contributed by atoms with Gasteiger partial charge >= 0.3 is 0 Å². The van der Waals surface area contributed by atoms with Crippen LogP contribution in [0.3, 0.4) is 0 Å². The van der Waals surface area contributed by atoms with Gasteiger partial charge in [0.05, 0.1) is 11.4 Å². The molecule has 2 aromatic rings. The first-order chi connectivity index (χ1) is 11.3. The summed E-state index contributed by atoms with van der Waals surface area (Å²) < 4.78 is 33.1. The van der Waals surface area contributed by atoms with E-state index in [2.05, 4.69) is 10.0 Å². The molecule has 0 saturated carbocycles. The summed E-state index contributed by atoms with van der Waals surface area (Å²) in [6.45, 7) is 1.54. The molecule has 1 amide bonds. The second-order valence-corrected chi connectivity index (χ2v) is 7.68. The standard InChI is InChI=1S/C15H12Cl2N2O4S/c1-8-2-3-10(6-11(8)17)19-24(21,22)13-5-9(16)4-12-15(13)23-7-14(20)18-12/h2-6,19H,7H2,1H3,(H,18,20). The van der Waals surface area contributed by atoms with Gasteiger partial charge < -0.3 is 10.1 Å². The second-order valence-electron chi connectivity index (χ2n) is 5.19. The van der Waals surface area contributed by atoms with Crippen LogP contribution in [0.25, 0.3) is 0 Å². The van der Waals surface area contributed by atoms with Crippen molar-refractivity contribution >= 4 is 50.5 Å². The Hall–Kier alpha value is -1.96. The van der Waals surface area contributed by atoms with Gasteiger partial charge in [0.2, 0.25) is 0 Å². The van der Waals surface area contributed by atoms with E-state index in [4.69, 9.17) is 27.9 Å². The van der Waals surface area contributed by atoms with E-state index in [1.54, 1.807) is 12.1 Å². The van der Waals surface area contributed by atoms with Crippen molar-refractivity contribution in [2.45, 2.75) is 11.8 Å². The fraction of sp³-hybridized carbons (Fsp3) is 0.133. The van der Waals surface area contributed by atoms with Crippen LogP contribution in [0.1, 0.15) is 5.56 Å². The number of aryl methyl sites for hydroxylation is 1. The Kier molecular flexibility index (Phi) is 4.33. The van der Waals surface area contributed by atoms with Crippen molar-refractivity contribution in [3.05, 3.63) is 45.9 Å². The number of halogens is 2. The normalized spacial score (nSPS) is 13.7. The van der Waals surface area contributed by atoms with E-state index < -0.39 is 10.0 Å². The molecule has 0 unspecified atom stereocenters. The molecule has 0 aromatic heterocycles. The minimum absolute atomic E-state index is 0.0460. The molecule has 126 valence electrons. The van der Waals surface area contributed by atoms with E-state index in [-0.39, 0.29) is 33.9 Å². The monoisotopic (exact) mass is 386 g/mol. The van der Waals surface area contributed by atoms with Crippen LogP contribution in [-0.4, -0.2) is 20.9 Å². The molecule has 0 saturated heterocycles. The Morgan fingerprint density at radius 3 is 2.67 bits per heavy atom. The van der Waals surface area contributed by atoms with E-state index in [0.29, 0.717) is 10.7 Å². The zero-order chi connectivity index (χ0) is 17.5. The highest BCUT2D eigenvalue weighted by atomic mass is 35.5. The van der Waals surface area contributed by atoms with Crippen LogP contribution in [0, 0.1) is 6.92 Å². The van der Waals surface area contributed by atoms with E-state index in [0.717, 1.165) is 5.56 Å². The van der Waals surface area contributed by atoms with Gasteiger partial charge in [-0.1, -0.05) is 29.3 Å². The third kappa shape index (κ3) is 3.28. The van der Waals surface area contributed by atoms with Crippen LogP contribution < -0.4 is 14.8 Å². The summed E-state index contributed by atoms with van der Waals surface area (Å²) in [6.07, 6.45) is 0. The summed E-state index contributed by atoms with van der Waals surface area (Å²) in [4.78, 5) is 11.2. The summed E-state index contributed by atoms with van der Waals surface area (Å²) in [7, 11) is -3.99. The lowest BCUT2D eigenvalue weighted by Gasteiger charge is -2.21. The SMILES string of the molecule is Cc1ccc(NS(=O)(=O)c2cc(Cl)cc3c2OCC(=O)N3)cc1Cl. The molecule has 0 fully saturated rings. The van der Waals surface area contributed by atoms with Gasteiger partial charge in [-0.2, -0.15) is 0 Å². The molecule has 1 aliphatic rings. The number of fused-ring (bicyclic) bond motifs is 1. The number of hydrogen-bond acceptors (Lipinski definition) is 4. The van der Waals surface area contributed by atoms with Crippen LogP contribution in [-0.2, 0) is 14.8 Å². The zero-order valence-corrected chi connectivity index (χ0v) is 14.7. The largest absolute Gasteiger partial charge is 0.480 e. The molecule has 9 heteroatoms. The van der Waals surface area contributed by atoms with Crippen molar-refractivity contribution < 1.29 is 17.9 Å². The maximum atomic E-state index is 12.7.